The minimum atomic E-state index is -0.527. The van der Waals surface area contributed by atoms with Gasteiger partial charge in [-0.1, -0.05) is 11.6 Å². The van der Waals surface area contributed by atoms with Crippen LogP contribution in [0.15, 0.2) is 30.6 Å². The maximum atomic E-state index is 13.6. The summed E-state index contributed by atoms with van der Waals surface area (Å²) < 4.78 is 19.0. The number of ether oxygens (including phenoxy) is 1. The van der Waals surface area contributed by atoms with Crippen molar-refractivity contribution in [3.05, 3.63) is 47.0 Å². The average Bonchev–Trinajstić information content (AvgIpc) is 2.29. The zero-order chi connectivity index (χ0) is 12.4. The van der Waals surface area contributed by atoms with Gasteiger partial charge < -0.3 is 10.5 Å². The molecule has 2 rings (SSSR count). The molecule has 1 aromatic heterocycles. The number of anilines is 1. The minimum Gasteiger partial charge on any atom is -0.453 e. The predicted molar refractivity (Wildman–Crippen MR) is 64.9 cm³/mol. The Morgan fingerprint density at radius 1 is 1.35 bits per heavy atom. The molecule has 0 bridgehead atoms. The average molecular weight is 253 g/mol. The van der Waals surface area contributed by atoms with Gasteiger partial charge in [-0.3, -0.25) is 4.98 Å². The number of aromatic nitrogens is 1. The van der Waals surface area contributed by atoms with Gasteiger partial charge in [-0.05, 0) is 18.6 Å². The first-order valence-corrected chi connectivity index (χ1v) is 5.28. The van der Waals surface area contributed by atoms with Gasteiger partial charge in [-0.2, -0.15) is 0 Å². The topological polar surface area (TPSA) is 48.1 Å². The van der Waals surface area contributed by atoms with Crippen molar-refractivity contribution in [1.29, 1.82) is 0 Å². The molecule has 17 heavy (non-hydrogen) atoms. The number of hydrogen-bond donors (Lipinski definition) is 1. The molecule has 0 amide bonds. The molecule has 0 aliphatic carbocycles. The van der Waals surface area contributed by atoms with Gasteiger partial charge in [-0.25, -0.2) is 4.39 Å². The van der Waals surface area contributed by atoms with Crippen molar-refractivity contribution in [2.24, 2.45) is 0 Å². The van der Waals surface area contributed by atoms with Crippen LogP contribution in [0.25, 0.3) is 0 Å². The summed E-state index contributed by atoms with van der Waals surface area (Å²) in [5.41, 5.74) is 6.71. The fraction of sp³-hybridized carbons (Fsp3) is 0.0833. The monoisotopic (exact) mass is 252 g/mol. The third-order valence-corrected chi connectivity index (χ3v) is 2.56. The number of hydrogen-bond acceptors (Lipinski definition) is 3. The van der Waals surface area contributed by atoms with Gasteiger partial charge in [0, 0.05) is 30.2 Å². The number of nitrogen functional groups attached to an aromatic ring is 1. The second kappa shape index (κ2) is 4.59. The lowest BCUT2D eigenvalue weighted by Crippen LogP contribution is -1.95. The van der Waals surface area contributed by atoms with Gasteiger partial charge in [0.05, 0.1) is 0 Å². The first kappa shape index (κ1) is 11.7. The Morgan fingerprint density at radius 2 is 2.12 bits per heavy atom. The van der Waals surface area contributed by atoms with Crippen molar-refractivity contribution in [2.75, 3.05) is 5.73 Å². The van der Waals surface area contributed by atoms with Crippen molar-refractivity contribution in [1.82, 2.24) is 4.98 Å². The molecular formula is C12H10ClFN2O. The van der Waals surface area contributed by atoms with E-state index in [1.165, 1.54) is 24.5 Å². The molecule has 3 nitrogen and oxygen atoms in total. The first-order valence-electron chi connectivity index (χ1n) is 4.91. The molecule has 0 radical (unpaired) electrons. The summed E-state index contributed by atoms with van der Waals surface area (Å²) in [6, 6.07) is 4.31. The molecule has 5 heteroatoms. The van der Waals surface area contributed by atoms with Crippen molar-refractivity contribution >= 4 is 17.3 Å². The quantitative estimate of drug-likeness (QED) is 0.832. The Balaban J connectivity index is 2.37. The molecule has 2 N–H and O–H groups in total. The van der Waals surface area contributed by atoms with Gasteiger partial charge in [0.15, 0.2) is 11.6 Å². The highest BCUT2D eigenvalue weighted by Crippen LogP contribution is 2.31. The van der Waals surface area contributed by atoms with Crippen molar-refractivity contribution in [3.8, 4) is 11.5 Å². The number of nitrogens with zero attached hydrogens (tertiary/aromatic N) is 1. The van der Waals surface area contributed by atoms with Crippen molar-refractivity contribution in [2.45, 2.75) is 6.92 Å². The fourth-order valence-corrected chi connectivity index (χ4v) is 1.47. The van der Waals surface area contributed by atoms with Gasteiger partial charge in [-0.15, -0.1) is 0 Å². The lowest BCUT2D eigenvalue weighted by molar-refractivity contribution is 0.442. The largest absolute Gasteiger partial charge is 0.453 e. The van der Waals surface area contributed by atoms with Crippen LogP contribution in [-0.4, -0.2) is 4.98 Å². The maximum Gasteiger partial charge on any atom is 0.167 e. The molecular weight excluding hydrogens is 243 g/mol. The molecule has 0 aliphatic rings. The number of pyridine rings is 1. The molecule has 0 unspecified atom stereocenters. The number of halogens is 2. The van der Waals surface area contributed by atoms with Crippen molar-refractivity contribution in [3.63, 3.8) is 0 Å². The Kier molecular flexibility index (Phi) is 3.15. The number of nitrogens with two attached hydrogens (primary N) is 1. The minimum absolute atomic E-state index is 0.0878. The molecule has 88 valence electrons. The van der Waals surface area contributed by atoms with E-state index in [4.69, 9.17) is 22.1 Å². The summed E-state index contributed by atoms with van der Waals surface area (Å²) >= 11 is 5.86. The summed E-state index contributed by atoms with van der Waals surface area (Å²) in [5.74, 6) is -0.0875. The van der Waals surface area contributed by atoms with E-state index >= 15 is 0 Å². The molecule has 0 fully saturated rings. The van der Waals surface area contributed by atoms with Crippen LogP contribution in [0.5, 0.6) is 11.5 Å². The van der Waals surface area contributed by atoms with E-state index in [1.807, 2.05) is 0 Å². The molecule has 0 atom stereocenters. The first-order chi connectivity index (χ1) is 8.08. The van der Waals surface area contributed by atoms with Gasteiger partial charge >= 0.3 is 0 Å². The molecule has 0 saturated heterocycles. The van der Waals surface area contributed by atoms with E-state index in [0.717, 1.165) is 5.56 Å². The SMILES string of the molecule is Cc1cc(Oc2ccncc2Cl)c(F)cc1N. The predicted octanol–water partition coefficient (Wildman–Crippen LogP) is 3.56. The molecule has 0 spiro atoms. The summed E-state index contributed by atoms with van der Waals surface area (Å²) in [7, 11) is 0. The Hall–Kier alpha value is -1.81. The highest BCUT2D eigenvalue weighted by Gasteiger charge is 2.09. The Morgan fingerprint density at radius 3 is 2.82 bits per heavy atom. The standard InChI is InChI=1S/C12H10ClFN2O/c1-7-4-12(9(14)5-10(7)15)17-11-2-3-16-6-8(11)13/h2-6H,15H2,1H3. The number of benzene rings is 1. The Labute approximate surface area is 103 Å². The normalized spacial score (nSPS) is 10.3. The molecule has 2 aromatic rings. The highest BCUT2D eigenvalue weighted by atomic mass is 35.5. The van der Waals surface area contributed by atoms with Gasteiger partial charge in [0.25, 0.3) is 0 Å². The lowest BCUT2D eigenvalue weighted by Gasteiger charge is -2.10. The number of aryl methyl sites for hydroxylation is 1. The summed E-state index contributed by atoms with van der Waals surface area (Å²) in [6.45, 7) is 1.77. The van der Waals surface area contributed by atoms with Crippen LogP contribution >= 0.6 is 11.6 Å². The fourth-order valence-electron chi connectivity index (χ4n) is 1.31. The second-order valence-corrected chi connectivity index (χ2v) is 3.95. The van der Waals surface area contributed by atoms with Gasteiger partial charge in [0.2, 0.25) is 0 Å². The summed E-state index contributed by atoms with van der Waals surface area (Å²) in [6.07, 6.45) is 2.95. The zero-order valence-electron chi connectivity index (χ0n) is 9.08. The van der Waals surface area contributed by atoms with E-state index in [9.17, 15) is 4.39 Å². The molecule has 1 heterocycles. The number of rotatable bonds is 2. The van der Waals surface area contributed by atoms with E-state index in [0.29, 0.717) is 16.5 Å². The van der Waals surface area contributed by atoms with Crippen LogP contribution in [0.3, 0.4) is 0 Å². The van der Waals surface area contributed by atoms with E-state index in [2.05, 4.69) is 4.98 Å². The Bertz CT molecular complexity index is 560. The zero-order valence-corrected chi connectivity index (χ0v) is 9.83. The van der Waals surface area contributed by atoms with E-state index in [-0.39, 0.29) is 5.75 Å². The van der Waals surface area contributed by atoms with Crippen molar-refractivity contribution < 1.29 is 9.13 Å². The van der Waals surface area contributed by atoms with E-state index < -0.39 is 5.82 Å². The highest BCUT2D eigenvalue weighted by molar-refractivity contribution is 6.31. The third-order valence-electron chi connectivity index (χ3n) is 2.28. The summed E-state index contributed by atoms with van der Waals surface area (Å²) in [4.78, 5) is 3.81. The van der Waals surface area contributed by atoms with Crippen LogP contribution in [-0.2, 0) is 0 Å². The maximum absolute atomic E-state index is 13.6. The van der Waals surface area contributed by atoms with Crippen LogP contribution in [0.2, 0.25) is 5.02 Å². The van der Waals surface area contributed by atoms with Gasteiger partial charge in [0.1, 0.15) is 10.8 Å². The van der Waals surface area contributed by atoms with Crippen LogP contribution in [0.4, 0.5) is 10.1 Å². The van der Waals surface area contributed by atoms with E-state index in [1.54, 1.807) is 13.0 Å². The third kappa shape index (κ3) is 2.47. The summed E-state index contributed by atoms with van der Waals surface area (Å²) in [5, 5.41) is 0.321. The second-order valence-electron chi connectivity index (χ2n) is 3.55. The van der Waals surface area contributed by atoms with Crippen LogP contribution in [0, 0.1) is 12.7 Å². The molecule has 1 aromatic carbocycles. The molecule has 0 saturated carbocycles. The smallest absolute Gasteiger partial charge is 0.167 e. The molecule has 0 aliphatic heterocycles. The van der Waals surface area contributed by atoms with Crippen LogP contribution < -0.4 is 10.5 Å². The van der Waals surface area contributed by atoms with Crippen LogP contribution in [0.1, 0.15) is 5.56 Å². The lowest BCUT2D eigenvalue weighted by atomic mass is 10.2.